The fourth-order valence-corrected chi connectivity index (χ4v) is 3.06. The van der Waals surface area contributed by atoms with Crippen molar-refractivity contribution in [3.05, 3.63) is 11.5 Å². The summed E-state index contributed by atoms with van der Waals surface area (Å²) in [5.41, 5.74) is 0. The lowest BCUT2D eigenvalue weighted by atomic mass is 10.0. The molecule has 0 aromatic rings. The summed E-state index contributed by atoms with van der Waals surface area (Å²) in [6, 6.07) is 0. The molecule has 0 radical (unpaired) electrons. The van der Waals surface area contributed by atoms with E-state index in [4.69, 9.17) is 9.66 Å². The molecule has 23 heavy (non-hydrogen) atoms. The average Bonchev–Trinajstić information content (AvgIpc) is 2.49. The van der Waals surface area contributed by atoms with Crippen LogP contribution in [0.4, 0.5) is 0 Å². The topological polar surface area (TPSA) is 74.6 Å². The molecule has 0 unspecified atom stereocenters. The van der Waals surface area contributed by atoms with Crippen molar-refractivity contribution in [1.29, 1.82) is 0 Å². The number of hydrogen-bond donors (Lipinski definition) is 2. The normalized spacial score (nSPS) is 12.3. The maximum atomic E-state index is 10.5. The lowest BCUT2D eigenvalue weighted by molar-refractivity contribution is 0.282. The second-order valence-electron chi connectivity index (χ2n) is 6.35. The summed E-state index contributed by atoms with van der Waals surface area (Å²) < 4.78 is 29.4. The van der Waals surface area contributed by atoms with Gasteiger partial charge in [-0.15, -0.1) is 0 Å². The van der Waals surface area contributed by atoms with E-state index in [1.807, 2.05) is 0 Å². The molecule has 0 amide bonds. The first-order chi connectivity index (χ1) is 11.1. The smallest absolute Gasteiger partial charge is 0.287 e. The summed E-state index contributed by atoms with van der Waals surface area (Å²) in [6.07, 6.45) is 19.5. The van der Waals surface area contributed by atoms with Gasteiger partial charge in [0.1, 0.15) is 0 Å². The van der Waals surface area contributed by atoms with Crippen LogP contribution in [-0.4, -0.2) is 24.7 Å². The van der Waals surface area contributed by atoms with Crippen LogP contribution in [0.2, 0.25) is 0 Å². The summed E-state index contributed by atoms with van der Waals surface area (Å²) in [5, 5.41) is 9.55. The number of allylic oxidation sites excluding steroid dienone is 1. The second kappa shape index (κ2) is 16.5. The molecule has 5 heteroatoms. The van der Waals surface area contributed by atoms with Crippen LogP contribution in [0.1, 0.15) is 96.3 Å². The van der Waals surface area contributed by atoms with Crippen molar-refractivity contribution >= 4 is 10.1 Å². The van der Waals surface area contributed by atoms with E-state index >= 15 is 0 Å². The molecule has 138 valence electrons. The third kappa shape index (κ3) is 21.6. The van der Waals surface area contributed by atoms with Crippen molar-refractivity contribution in [1.82, 2.24) is 0 Å². The standard InChI is InChI=1S/C18H36O4S/c19-17-15-13-11-9-7-5-3-1-2-4-6-8-10-12-14-16-18-23(20,21)22/h16,18-19H,1-15,17H2,(H,20,21,22). The molecule has 0 heterocycles. The molecule has 0 aromatic carbocycles. The molecule has 0 bridgehead atoms. The molecule has 0 rings (SSSR count). The monoisotopic (exact) mass is 348 g/mol. The lowest BCUT2D eigenvalue weighted by Crippen LogP contribution is -1.89. The van der Waals surface area contributed by atoms with Crippen molar-refractivity contribution in [2.75, 3.05) is 6.61 Å². The van der Waals surface area contributed by atoms with Gasteiger partial charge in [0.15, 0.2) is 0 Å². The summed E-state index contributed by atoms with van der Waals surface area (Å²) >= 11 is 0. The van der Waals surface area contributed by atoms with E-state index in [1.165, 1.54) is 76.7 Å². The Hall–Kier alpha value is -0.390. The van der Waals surface area contributed by atoms with Crippen LogP contribution in [0, 0.1) is 0 Å². The largest absolute Gasteiger partial charge is 0.396 e. The molecule has 0 saturated carbocycles. The van der Waals surface area contributed by atoms with Gasteiger partial charge in [-0.05, 0) is 19.3 Å². The fourth-order valence-electron chi connectivity index (χ4n) is 2.68. The Balaban J connectivity index is 3.09. The molecule has 0 aliphatic carbocycles. The van der Waals surface area contributed by atoms with E-state index in [-0.39, 0.29) is 0 Å². The first kappa shape index (κ1) is 22.6. The molecule has 0 aliphatic heterocycles. The number of aliphatic hydroxyl groups is 1. The molecule has 0 saturated heterocycles. The van der Waals surface area contributed by atoms with Gasteiger partial charge in [0.25, 0.3) is 10.1 Å². The second-order valence-corrected chi connectivity index (χ2v) is 7.65. The minimum Gasteiger partial charge on any atom is -0.396 e. The maximum absolute atomic E-state index is 10.5. The number of rotatable bonds is 17. The van der Waals surface area contributed by atoms with Crippen molar-refractivity contribution in [3.63, 3.8) is 0 Å². The van der Waals surface area contributed by atoms with Gasteiger partial charge in [0, 0.05) is 6.61 Å². The Morgan fingerprint density at radius 2 is 0.957 bits per heavy atom. The van der Waals surface area contributed by atoms with E-state index < -0.39 is 10.1 Å². The summed E-state index contributed by atoms with van der Waals surface area (Å²) in [5.74, 6) is 0. The van der Waals surface area contributed by atoms with Gasteiger partial charge in [-0.25, -0.2) is 0 Å². The van der Waals surface area contributed by atoms with Gasteiger partial charge in [-0.1, -0.05) is 83.1 Å². The molecule has 0 atom stereocenters. The summed E-state index contributed by atoms with van der Waals surface area (Å²) in [4.78, 5) is 0. The predicted molar refractivity (Wildman–Crippen MR) is 97.0 cm³/mol. The maximum Gasteiger partial charge on any atom is 0.287 e. The fraction of sp³-hybridized carbons (Fsp3) is 0.889. The number of aliphatic hydroxyl groups excluding tert-OH is 1. The van der Waals surface area contributed by atoms with Crippen LogP contribution in [0.5, 0.6) is 0 Å². The van der Waals surface area contributed by atoms with Gasteiger partial charge in [0.05, 0.1) is 5.41 Å². The molecular weight excluding hydrogens is 312 g/mol. The van der Waals surface area contributed by atoms with Gasteiger partial charge < -0.3 is 5.11 Å². The van der Waals surface area contributed by atoms with Crippen molar-refractivity contribution in [2.24, 2.45) is 0 Å². The van der Waals surface area contributed by atoms with Crippen molar-refractivity contribution in [2.45, 2.75) is 96.3 Å². The minimum atomic E-state index is -3.94. The summed E-state index contributed by atoms with van der Waals surface area (Å²) in [7, 11) is -3.94. The molecule has 0 aliphatic rings. The highest BCUT2D eigenvalue weighted by Gasteiger charge is 1.95. The van der Waals surface area contributed by atoms with Crippen LogP contribution in [-0.2, 0) is 10.1 Å². The number of hydrogen-bond acceptors (Lipinski definition) is 3. The highest BCUT2D eigenvalue weighted by Crippen LogP contribution is 2.13. The van der Waals surface area contributed by atoms with Crippen LogP contribution in [0.25, 0.3) is 0 Å². The highest BCUT2D eigenvalue weighted by atomic mass is 32.2. The van der Waals surface area contributed by atoms with E-state index in [0.717, 1.165) is 31.1 Å². The zero-order valence-electron chi connectivity index (χ0n) is 14.6. The Labute approximate surface area is 143 Å². The molecule has 0 fully saturated rings. The quantitative estimate of drug-likeness (QED) is 0.279. The molecule has 2 N–H and O–H groups in total. The zero-order chi connectivity index (χ0) is 17.2. The highest BCUT2D eigenvalue weighted by molar-refractivity contribution is 7.88. The molecule has 0 spiro atoms. The van der Waals surface area contributed by atoms with E-state index in [1.54, 1.807) is 0 Å². The van der Waals surface area contributed by atoms with E-state index in [2.05, 4.69) is 0 Å². The first-order valence-corrected chi connectivity index (χ1v) is 10.8. The van der Waals surface area contributed by atoms with Gasteiger partial charge in [-0.2, -0.15) is 8.42 Å². The molecule has 0 aromatic heterocycles. The van der Waals surface area contributed by atoms with Crippen LogP contribution in [0.15, 0.2) is 11.5 Å². The third-order valence-electron chi connectivity index (χ3n) is 4.05. The van der Waals surface area contributed by atoms with Crippen molar-refractivity contribution in [3.8, 4) is 0 Å². The van der Waals surface area contributed by atoms with E-state index in [9.17, 15) is 8.42 Å². The lowest BCUT2D eigenvalue weighted by Gasteiger charge is -2.03. The van der Waals surface area contributed by atoms with E-state index in [0.29, 0.717) is 6.61 Å². The van der Waals surface area contributed by atoms with Gasteiger partial charge in [0.2, 0.25) is 0 Å². The Morgan fingerprint density at radius 3 is 1.30 bits per heavy atom. The first-order valence-electron chi connectivity index (χ1n) is 9.31. The molecule has 4 nitrogen and oxygen atoms in total. The number of unbranched alkanes of at least 4 members (excludes halogenated alkanes) is 14. The minimum absolute atomic E-state index is 0.335. The Bertz CT molecular complexity index is 363. The van der Waals surface area contributed by atoms with Crippen LogP contribution < -0.4 is 0 Å². The average molecular weight is 349 g/mol. The van der Waals surface area contributed by atoms with Gasteiger partial charge >= 0.3 is 0 Å². The third-order valence-corrected chi connectivity index (χ3v) is 4.58. The van der Waals surface area contributed by atoms with Gasteiger partial charge in [-0.3, -0.25) is 4.55 Å². The van der Waals surface area contributed by atoms with Crippen molar-refractivity contribution < 1.29 is 18.1 Å². The predicted octanol–water partition coefficient (Wildman–Crippen LogP) is 5.23. The van der Waals surface area contributed by atoms with Crippen LogP contribution in [0.3, 0.4) is 0 Å². The van der Waals surface area contributed by atoms with Crippen LogP contribution >= 0.6 is 0 Å². The zero-order valence-corrected chi connectivity index (χ0v) is 15.4. The summed E-state index contributed by atoms with van der Waals surface area (Å²) in [6.45, 7) is 0.335. The Kier molecular flexibility index (Phi) is 16.2. The molecular formula is C18H36O4S. The Morgan fingerprint density at radius 1 is 0.609 bits per heavy atom. The SMILES string of the molecule is O=S(=O)(O)C=CCCCCCCCCCCCCCCCCO.